The Hall–Kier alpha value is -1.09. The second-order valence-corrected chi connectivity index (χ2v) is 7.00. The van der Waals surface area contributed by atoms with Crippen molar-refractivity contribution in [2.24, 2.45) is 5.41 Å². The van der Waals surface area contributed by atoms with Crippen molar-refractivity contribution in [2.45, 2.75) is 53.1 Å². The van der Waals surface area contributed by atoms with Crippen molar-refractivity contribution < 1.29 is 4.39 Å². The molecule has 0 aliphatic carbocycles. The summed E-state index contributed by atoms with van der Waals surface area (Å²) in [5.74, 6) is -0.108. The van der Waals surface area contributed by atoms with E-state index in [0.29, 0.717) is 12.1 Å². The maximum atomic E-state index is 14.2. The summed E-state index contributed by atoms with van der Waals surface area (Å²) in [6.45, 7) is 12.7. The minimum atomic E-state index is -0.108. The number of nitrogens with zero attached hydrogens (tertiary/aromatic N) is 1. The van der Waals surface area contributed by atoms with E-state index in [4.69, 9.17) is 0 Å². The average molecular weight is 278 g/mol. The Morgan fingerprint density at radius 3 is 2.65 bits per heavy atom. The van der Waals surface area contributed by atoms with Crippen molar-refractivity contribution >= 4 is 5.69 Å². The quantitative estimate of drug-likeness (QED) is 0.886. The van der Waals surface area contributed by atoms with Crippen LogP contribution in [-0.2, 0) is 0 Å². The van der Waals surface area contributed by atoms with E-state index >= 15 is 0 Å². The summed E-state index contributed by atoms with van der Waals surface area (Å²) in [5.41, 5.74) is 2.05. The molecule has 2 nitrogen and oxygen atoms in total. The molecule has 1 N–H and O–H groups in total. The summed E-state index contributed by atoms with van der Waals surface area (Å²) in [5, 5.41) is 3.63. The van der Waals surface area contributed by atoms with Gasteiger partial charge in [-0.15, -0.1) is 0 Å². The standard InChI is InChI=1S/C17H27FN2/c1-6-13-10-19-16(17(3,4)5)11-20(13)15-9-12(2)7-8-14(15)18/h7-9,13,16,19H,6,10-11H2,1-5H3. The Morgan fingerprint density at radius 2 is 2.05 bits per heavy atom. The fourth-order valence-electron chi connectivity index (χ4n) is 2.88. The third-order valence-electron chi connectivity index (χ3n) is 4.35. The number of nitrogens with one attached hydrogen (secondary N) is 1. The van der Waals surface area contributed by atoms with Gasteiger partial charge in [-0.1, -0.05) is 33.8 Å². The van der Waals surface area contributed by atoms with Crippen molar-refractivity contribution in [1.82, 2.24) is 5.32 Å². The molecule has 2 atom stereocenters. The fraction of sp³-hybridized carbons (Fsp3) is 0.647. The smallest absolute Gasteiger partial charge is 0.146 e. The molecule has 112 valence electrons. The van der Waals surface area contributed by atoms with Gasteiger partial charge in [0.25, 0.3) is 0 Å². The van der Waals surface area contributed by atoms with Crippen LogP contribution in [0.15, 0.2) is 18.2 Å². The molecule has 3 heteroatoms. The first-order valence-electron chi connectivity index (χ1n) is 7.59. The SMILES string of the molecule is CCC1CNC(C(C)(C)C)CN1c1cc(C)ccc1F. The molecule has 0 amide bonds. The Morgan fingerprint density at radius 1 is 1.35 bits per heavy atom. The molecule has 0 bridgehead atoms. The van der Waals surface area contributed by atoms with Crippen LogP contribution in [0.2, 0.25) is 0 Å². The van der Waals surface area contributed by atoms with Crippen LogP contribution in [0.25, 0.3) is 0 Å². The minimum absolute atomic E-state index is 0.108. The monoisotopic (exact) mass is 278 g/mol. The zero-order chi connectivity index (χ0) is 14.9. The summed E-state index contributed by atoms with van der Waals surface area (Å²) in [4.78, 5) is 2.26. The van der Waals surface area contributed by atoms with E-state index in [-0.39, 0.29) is 11.2 Å². The molecule has 1 heterocycles. The number of halogens is 1. The Balaban J connectivity index is 2.32. The van der Waals surface area contributed by atoms with Crippen LogP contribution < -0.4 is 10.2 Å². The molecule has 0 spiro atoms. The van der Waals surface area contributed by atoms with Crippen LogP contribution in [-0.4, -0.2) is 25.2 Å². The van der Waals surface area contributed by atoms with E-state index in [2.05, 4.69) is 37.9 Å². The number of hydrogen-bond donors (Lipinski definition) is 1. The molecule has 2 rings (SSSR count). The molecule has 20 heavy (non-hydrogen) atoms. The molecule has 1 aromatic rings. The second-order valence-electron chi connectivity index (χ2n) is 7.00. The minimum Gasteiger partial charge on any atom is -0.363 e. The normalized spacial score (nSPS) is 24.0. The fourth-order valence-corrected chi connectivity index (χ4v) is 2.88. The number of aryl methyl sites for hydroxylation is 1. The molecular formula is C17H27FN2. The predicted octanol–water partition coefficient (Wildman–Crippen LogP) is 3.74. The van der Waals surface area contributed by atoms with Crippen molar-refractivity contribution in [3.63, 3.8) is 0 Å². The highest BCUT2D eigenvalue weighted by atomic mass is 19.1. The maximum Gasteiger partial charge on any atom is 0.146 e. The highest BCUT2D eigenvalue weighted by Gasteiger charge is 2.34. The van der Waals surface area contributed by atoms with E-state index < -0.39 is 0 Å². The highest BCUT2D eigenvalue weighted by molar-refractivity contribution is 5.51. The third kappa shape index (κ3) is 3.14. The summed E-state index contributed by atoms with van der Waals surface area (Å²) >= 11 is 0. The van der Waals surface area contributed by atoms with Gasteiger partial charge in [-0.25, -0.2) is 4.39 Å². The molecule has 1 aliphatic rings. The van der Waals surface area contributed by atoms with E-state index in [9.17, 15) is 4.39 Å². The highest BCUT2D eigenvalue weighted by Crippen LogP contribution is 2.30. The van der Waals surface area contributed by atoms with Gasteiger partial charge >= 0.3 is 0 Å². The summed E-state index contributed by atoms with van der Waals surface area (Å²) in [6.07, 6.45) is 1.03. The van der Waals surface area contributed by atoms with Crippen LogP contribution in [0, 0.1) is 18.2 Å². The number of piperazine rings is 1. The number of hydrogen-bond acceptors (Lipinski definition) is 2. The topological polar surface area (TPSA) is 15.3 Å². The van der Waals surface area contributed by atoms with E-state index in [1.165, 1.54) is 0 Å². The largest absolute Gasteiger partial charge is 0.363 e. The van der Waals surface area contributed by atoms with Gasteiger partial charge in [-0.3, -0.25) is 0 Å². The first-order chi connectivity index (χ1) is 9.32. The van der Waals surface area contributed by atoms with E-state index in [1.54, 1.807) is 6.07 Å². The predicted molar refractivity (Wildman–Crippen MR) is 83.8 cm³/mol. The van der Waals surface area contributed by atoms with Crippen LogP contribution in [0.5, 0.6) is 0 Å². The summed E-state index contributed by atoms with van der Waals surface area (Å²) in [7, 11) is 0. The lowest BCUT2D eigenvalue weighted by atomic mass is 9.84. The lowest BCUT2D eigenvalue weighted by molar-refractivity contribution is 0.233. The Labute approximate surface area is 122 Å². The maximum absolute atomic E-state index is 14.2. The zero-order valence-corrected chi connectivity index (χ0v) is 13.3. The molecule has 1 aliphatic heterocycles. The molecular weight excluding hydrogens is 251 g/mol. The molecule has 0 aromatic heterocycles. The van der Waals surface area contributed by atoms with E-state index in [0.717, 1.165) is 30.8 Å². The zero-order valence-electron chi connectivity index (χ0n) is 13.3. The van der Waals surface area contributed by atoms with Crippen LogP contribution in [0.4, 0.5) is 10.1 Å². The molecule has 1 saturated heterocycles. The molecule has 0 radical (unpaired) electrons. The van der Waals surface area contributed by atoms with Crippen LogP contribution in [0.3, 0.4) is 0 Å². The van der Waals surface area contributed by atoms with Gasteiger partial charge in [0.1, 0.15) is 5.82 Å². The summed E-state index contributed by atoms with van der Waals surface area (Å²) in [6, 6.07) is 6.15. The van der Waals surface area contributed by atoms with E-state index in [1.807, 2.05) is 19.1 Å². The van der Waals surface area contributed by atoms with Crippen LogP contribution in [0.1, 0.15) is 39.7 Å². The Kier molecular flexibility index (Phi) is 4.38. The molecule has 1 aromatic carbocycles. The van der Waals surface area contributed by atoms with Crippen molar-refractivity contribution in [3.05, 3.63) is 29.6 Å². The summed E-state index contributed by atoms with van der Waals surface area (Å²) < 4.78 is 14.2. The lowest BCUT2D eigenvalue weighted by Crippen LogP contribution is -2.60. The van der Waals surface area contributed by atoms with Gasteiger partial charge in [-0.05, 0) is 36.5 Å². The Bertz CT molecular complexity index is 465. The number of rotatable bonds is 2. The molecule has 1 fully saturated rings. The number of anilines is 1. The molecule has 0 saturated carbocycles. The van der Waals surface area contributed by atoms with Gasteiger partial charge < -0.3 is 10.2 Å². The van der Waals surface area contributed by atoms with Gasteiger partial charge in [0, 0.05) is 25.2 Å². The van der Waals surface area contributed by atoms with Gasteiger partial charge in [-0.2, -0.15) is 0 Å². The van der Waals surface area contributed by atoms with Gasteiger partial charge in [0.05, 0.1) is 5.69 Å². The lowest BCUT2D eigenvalue weighted by Gasteiger charge is -2.46. The van der Waals surface area contributed by atoms with Crippen LogP contribution >= 0.6 is 0 Å². The van der Waals surface area contributed by atoms with Crippen molar-refractivity contribution in [3.8, 4) is 0 Å². The number of benzene rings is 1. The second kappa shape index (κ2) is 5.72. The third-order valence-corrected chi connectivity index (χ3v) is 4.35. The van der Waals surface area contributed by atoms with Crippen molar-refractivity contribution in [1.29, 1.82) is 0 Å². The van der Waals surface area contributed by atoms with Crippen molar-refractivity contribution in [2.75, 3.05) is 18.0 Å². The average Bonchev–Trinajstić information content (AvgIpc) is 2.40. The first kappa shape index (κ1) is 15.3. The van der Waals surface area contributed by atoms with Gasteiger partial charge in [0.15, 0.2) is 0 Å². The van der Waals surface area contributed by atoms with Gasteiger partial charge in [0.2, 0.25) is 0 Å². The first-order valence-corrected chi connectivity index (χ1v) is 7.59. The molecule has 2 unspecified atom stereocenters.